The van der Waals surface area contributed by atoms with Crippen LogP contribution in [0.3, 0.4) is 0 Å². The van der Waals surface area contributed by atoms with E-state index in [4.69, 9.17) is 9.15 Å². The minimum Gasteiger partial charge on any atom is -1.00 e. The number of hydrogen-bond donors (Lipinski definition) is 1. The summed E-state index contributed by atoms with van der Waals surface area (Å²) >= 11 is 0. The highest BCUT2D eigenvalue weighted by Crippen LogP contribution is 2.29. The van der Waals surface area contributed by atoms with Crippen LogP contribution in [0.5, 0.6) is 5.75 Å². The van der Waals surface area contributed by atoms with Crippen molar-refractivity contribution in [3.63, 3.8) is 0 Å². The van der Waals surface area contributed by atoms with E-state index in [0.717, 1.165) is 27.8 Å². The Kier molecular flexibility index (Phi) is 6.69. The normalized spacial score (nSPS) is 10.6. The highest BCUT2D eigenvalue weighted by atomic mass is 35.5. The van der Waals surface area contributed by atoms with E-state index in [2.05, 4.69) is 17.4 Å². The zero-order valence-electron chi connectivity index (χ0n) is 15.2. The minimum absolute atomic E-state index is 0. The lowest BCUT2D eigenvalue weighted by atomic mass is 10.0. The second-order valence-corrected chi connectivity index (χ2v) is 6.33. The first kappa shape index (κ1) is 19.9. The van der Waals surface area contributed by atoms with Crippen molar-refractivity contribution in [3.8, 4) is 5.75 Å². The number of rotatable bonds is 7. The van der Waals surface area contributed by atoms with Crippen molar-refractivity contribution in [1.29, 1.82) is 0 Å². The molecule has 0 radical (unpaired) electrons. The van der Waals surface area contributed by atoms with Crippen molar-refractivity contribution in [3.05, 3.63) is 102 Å². The zero-order chi connectivity index (χ0) is 18.5. The zero-order valence-corrected chi connectivity index (χ0v) is 16.0. The van der Waals surface area contributed by atoms with E-state index in [0.29, 0.717) is 18.7 Å². The largest absolute Gasteiger partial charge is 1.00 e. The average Bonchev–Trinajstić information content (AvgIpc) is 3.21. The Morgan fingerprint density at radius 3 is 2.50 bits per heavy atom. The molecular weight excluding hydrogens is 377 g/mol. The van der Waals surface area contributed by atoms with E-state index in [1.54, 1.807) is 18.4 Å². The van der Waals surface area contributed by atoms with Gasteiger partial charge in [-0.25, -0.2) is 4.39 Å². The van der Waals surface area contributed by atoms with E-state index < -0.39 is 0 Å². The summed E-state index contributed by atoms with van der Waals surface area (Å²) in [5, 5.41) is 5.66. The number of hydrogen-bond acceptors (Lipinski definition) is 3. The van der Waals surface area contributed by atoms with Crippen molar-refractivity contribution in [2.24, 2.45) is 0 Å². The van der Waals surface area contributed by atoms with Gasteiger partial charge in [-0.2, -0.15) is 0 Å². The molecule has 0 unspecified atom stereocenters. The Morgan fingerprint density at radius 2 is 1.68 bits per heavy atom. The quantitative estimate of drug-likeness (QED) is 0.521. The first-order valence-electron chi connectivity index (χ1n) is 8.91. The third-order valence-electron chi connectivity index (χ3n) is 4.52. The Labute approximate surface area is 169 Å². The first-order valence-corrected chi connectivity index (χ1v) is 8.91. The molecular formula is C23H20ClFNO2-. The van der Waals surface area contributed by atoms with Crippen LogP contribution in [0.2, 0.25) is 0 Å². The lowest BCUT2D eigenvalue weighted by Crippen LogP contribution is -3.00. The summed E-state index contributed by atoms with van der Waals surface area (Å²) in [5.74, 6) is 1.38. The lowest BCUT2D eigenvalue weighted by molar-refractivity contribution is -0.00000682. The fourth-order valence-corrected chi connectivity index (χ4v) is 3.13. The maximum atomic E-state index is 13.9. The van der Waals surface area contributed by atoms with E-state index in [9.17, 15) is 4.39 Å². The van der Waals surface area contributed by atoms with Gasteiger partial charge >= 0.3 is 0 Å². The molecule has 28 heavy (non-hydrogen) atoms. The molecule has 0 aliphatic heterocycles. The van der Waals surface area contributed by atoms with Gasteiger partial charge in [0.15, 0.2) is 0 Å². The second kappa shape index (κ2) is 9.40. The van der Waals surface area contributed by atoms with Crippen LogP contribution >= 0.6 is 0 Å². The van der Waals surface area contributed by atoms with E-state index in [-0.39, 0.29) is 24.8 Å². The number of halogens is 2. The standard InChI is InChI=1S/C23H20FNO2.ClH/c24-22-10-4-2-7-18(22)16-27-23-12-11-17-6-1-3-9-20(17)21(23)15-25-14-19-8-5-13-26-19;/h1-13,25H,14-16H2;1H/p-1. The van der Waals surface area contributed by atoms with Gasteiger partial charge in [0.1, 0.15) is 23.9 Å². The number of benzene rings is 3. The maximum absolute atomic E-state index is 13.9. The van der Waals surface area contributed by atoms with Gasteiger partial charge in [-0.15, -0.1) is 0 Å². The molecule has 0 aliphatic rings. The fraction of sp³-hybridized carbons (Fsp3) is 0.130. The van der Waals surface area contributed by atoms with Gasteiger partial charge < -0.3 is 26.9 Å². The van der Waals surface area contributed by atoms with Crippen molar-refractivity contribution in [2.45, 2.75) is 19.7 Å². The molecule has 0 bridgehead atoms. The molecule has 4 aromatic rings. The topological polar surface area (TPSA) is 34.4 Å². The highest BCUT2D eigenvalue weighted by molar-refractivity contribution is 5.87. The number of fused-ring (bicyclic) bond motifs is 1. The summed E-state index contributed by atoms with van der Waals surface area (Å²) in [4.78, 5) is 0. The smallest absolute Gasteiger partial charge is 0.129 e. The highest BCUT2D eigenvalue weighted by Gasteiger charge is 2.10. The van der Waals surface area contributed by atoms with Crippen molar-refractivity contribution >= 4 is 10.8 Å². The number of nitrogens with one attached hydrogen (secondary N) is 1. The maximum Gasteiger partial charge on any atom is 0.129 e. The van der Waals surface area contributed by atoms with Gasteiger partial charge in [0.05, 0.1) is 12.8 Å². The van der Waals surface area contributed by atoms with Gasteiger partial charge in [0.2, 0.25) is 0 Å². The van der Waals surface area contributed by atoms with E-state index >= 15 is 0 Å². The predicted octanol–water partition coefficient (Wildman–Crippen LogP) is 2.44. The molecule has 1 N–H and O–H groups in total. The van der Waals surface area contributed by atoms with Gasteiger partial charge in [-0.05, 0) is 35.0 Å². The molecule has 3 aromatic carbocycles. The van der Waals surface area contributed by atoms with Crippen LogP contribution in [0.15, 0.2) is 83.5 Å². The van der Waals surface area contributed by atoms with Crippen LogP contribution in [0, 0.1) is 5.82 Å². The number of furan rings is 1. The number of ether oxygens (including phenoxy) is 1. The molecule has 0 fully saturated rings. The molecule has 1 heterocycles. The van der Waals surface area contributed by atoms with Crippen LogP contribution in [-0.2, 0) is 19.7 Å². The van der Waals surface area contributed by atoms with E-state index in [1.165, 1.54) is 6.07 Å². The van der Waals surface area contributed by atoms with Crippen molar-refractivity contribution in [1.82, 2.24) is 5.32 Å². The third kappa shape index (κ3) is 4.53. The Balaban J connectivity index is 0.00000225. The van der Waals surface area contributed by atoms with Gasteiger partial charge in [0.25, 0.3) is 0 Å². The molecule has 0 atom stereocenters. The molecule has 5 heteroatoms. The van der Waals surface area contributed by atoms with Crippen LogP contribution in [-0.4, -0.2) is 0 Å². The van der Waals surface area contributed by atoms with Gasteiger partial charge in [-0.1, -0.05) is 48.5 Å². The molecule has 0 saturated heterocycles. The molecule has 0 saturated carbocycles. The summed E-state index contributed by atoms with van der Waals surface area (Å²) in [6.45, 7) is 1.44. The minimum atomic E-state index is -0.254. The van der Waals surface area contributed by atoms with Crippen LogP contribution in [0.25, 0.3) is 10.8 Å². The lowest BCUT2D eigenvalue weighted by Gasteiger charge is -2.15. The SMILES string of the molecule is Fc1ccccc1COc1ccc2ccccc2c1CNCc1ccco1.[Cl-]. The second-order valence-electron chi connectivity index (χ2n) is 6.33. The van der Waals surface area contributed by atoms with Crippen LogP contribution in [0.1, 0.15) is 16.9 Å². The summed E-state index contributed by atoms with van der Waals surface area (Å²) in [7, 11) is 0. The Morgan fingerprint density at radius 1 is 0.857 bits per heavy atom. The molecule has 0 aliphatic carbocycles. The summed E-state index contributed by atoms with van der Waals surface area (Å²) in [5.41, 5.74) is 1.59. The van der Waals surface area contributed by atoms with E-state index in [1.807, 2.05) is 42.5 Å². The average molecular weight is 397 g/mol. The molecule has 3 nitrogen and oxygen atoms in total. The van der Waals surface area contributed by atoms with Crippen LogP contribution in [0.4, 0.5) is 4.39 Å². The van der Waals surface area contributed by atoms with Crippen LogP contribution < -0.4 is 22.5 Å². The summed E-state index contributed by atoms with van der Waals surface area (Å²) in [6, 6.07) is 22.7. The van der Waals surface area contributed by atoms with Crippen molar-refractivity contribution < 1.29 is 26.0 Å². The Bertz CT molecular complexity index is 1030. The first-order chi connectivity index (χ1) is 13.3. The molecule has 144 valence electrons. The Hall–Kier alpha value is -2.82. The molecule has 0 spiro atoms. The monoisotopic (exact) mass is 396 g/mol. The third-order valence-corrected chi connectivity index (χ3v) is 4.52. The van der Waals surface area contributed by atoms with Gasteiger partial charge in [0, 0.05) is 17.7 Å². The molecule has 1 aromatic heterocycles. The molecule has 4 rings (SSSR count). The van der Waals surface area contributed by atoms with Crippen molar-refractivity contribution in [2.75, 3.05) is 0 Å². The fourth-order valence-electron chi connectivity index (χ4n) is 3.13. The summed E-state index contributed by atoms with van der Waals surface area (Å²) < 4.78 is 25.3. The van der Waals surface area contributed by atoms with Gasteiger partial charge in [-0.3, -0.25) is 0 Å². The molecule has 0 amide bonds. The predicted molar refractivity (Wildman–Crippen MR) is 104 cm³/mol. The summed E-state index contributed by atoms with van der Waals surface area (Å²) in [6.07, 6.45) is 1.66.